The molecule has 1 aromatic rings. The third-order valence-electron chi connectivity index (χ3n) is 4.63. The second-order valence-corrected chi connectivity index (χ2v) is 6.28. The molecular weight excluding hydrogens is 234 g/mol. The standard InChI is InChI=1S/C17H23NO/c1-14-9-11-17(12-10-14)13-16(18-19-17)8-7-15-5-3-2-4-6-15/h2-6,14H,7-13H2,1H3. The molecule has 0 amide bonds. The topological polar surface area (TPSA) is 21.6 Å². The van der Waals surface area contributed by atoms with Crippen LogP contribution in [-0.4, -0.2) is 11.3 Å². The van der Waals surface area contributed by atoms with E-state index >= 15 is 0 Å². The first-order valence-electron chi connectivity index (χ1n) is 7.54. The van der Waals surface area contributed by atoms with E-state index in [2.05, 4.69) is 42.4 Å². The molecule has 1 heterocycles. The lowest BCUT2D eigenvalue weighted by atomic mass is 9.77. The van der Waals surface area contributed by atoms with Gasteiger partial charge >= 0.3 is 0 Å². The van der Waals surface area contributed by atoms with Crippen LogP contribution in [0, 0.1) is 5.92 Å². The molecule has 0 aromatic heterocycles. The molecular formula is C17H23NO. The van der Waals surface area contributed by atoms with Crippen molar-refractivity contribution < 1.29 is 4.84 Å². The summed E-state index contributed by atoms with van der Waals surface area (Å²) in [6, 6.07) is 10.7. The Kier molecular flexibility index (Phi) is 3.58. The highest BCUT2D eigenvalue weighted by Gasteiger charge is 2.41. The van der Waals surface area contributed by atoms with Gasteiger partial charge in [0.05, 0.1) is 5.71 Å². The lowest BCUT2D eigenvalue weighted by Gasteiger charge is -2.33. The monoisotopic (exact) mass is 257 g/mol. The minimum Gasteiger partial charge on any atom is -0.389 e. The molecule has 1 saturated carbocycles. The van der Waals surface area contributed by atoms with Gasteiger partial charge in [-0.3, -0.25) is 0 Å². The Morgan fingerprint density at radius 3 is 2.63 bits per heavy atom. The smallest absolute Gasteiger partial charge is 0.143 e. The van der Waals surface area contributed by atoms with E-state index in [4.69, 9.17) is 4.84 Å². The number of aryl methyl sites for hydroxylation is 1. The first kappa shape index (κ1) is 12.7. The number of rotatable bonds is 3. The largest absolute Gasteiger partial charge is 0.389 e. The van der Waals surface area contributed by atoms with E-state index in [1.807, 2.05) is 0 Å². The number of nitrogens with zero attached hydrogens (tertiary/aromatic N) is 1. The highest BCUT2D eigenvalue weighted by molar-refractivity contribution is 5.86. The molecule has 2 nitrogen and oxygen atoms in total. The fraction of sp³-hybridized carbons (Fsp3) is 0.588. The summed E-state index contributed by atoms with van der Waals surface area (Å²) in [6.07, 6.45) is 8.14. The Labute approximate surface area is 115 Å². The molecule has 1 aliphatic heterocycles. The number of benzene rings is 1. The van der Waals surface area contributed by atoms with Gasteiger partial charge in [-0.25, -0.2) is 0 Å². The van der Waals surface area contributed by atoms with Gasteiger partial charge in [0, 0.05) is 6.42 Å². The summed E-state index contributed by atoms with van der Waals surface area (Å²) in [7, 11) is 0. The van der Waals surface area contributed by atoms with Crippen molar-refractivity contribution in [2.24, 2.45) is 11.1 Å². The SMILES string of the molecule is CC1CCC2(CC1)CC(CCc1ccccc1)=NO2. The summed E-state index contributed by atoms with van der Waals surface area (Å²) in [5, 5.41) is 4.37. The number of oxime groups is 1. The Hall–Kier alpha value is -1.31. The number of hydrogen-bond acceptors (Lipinski definition) is 2. The average Bonchev–Trinajstić information content (AvgIpc) is 2.85. The first-order valence-corrected chi connectivity index (χ1v) is 7.54. The van der Waals surface area contributed by atoms with Crippen LogP contribution in [0.3, 0.4) is 0 Å². The normalized spacial score (nSPS) is 30.2. The molecule has 0 radical (unpaired) electrons. The molecule has 0 atom stereocenters. The van der Waals surface area contributed by atoms with Crippen molar-refractivity contribution in [2.45, 2.75) is 57.5 Å². The van der Waals surface area contributed by atoms with Crippen LogP contribution in [0.4, 0.5) is 0 Å². The van der Waals surface area contributed by atoms with Crippen LogP contribution in [0.15, 0.2) is 35.5 Å². The maximum absolute atomic E-state index is 5.82. The van der Waals surface area contributed by atoms with E-state index in [1.54, 1.807) is 0 Å². The van der Waals surface area contributed by atoms with Gasteiger partial charge in [0.1, 0.15) is 5.60 Å². The van der Waals surface area contributed by atoms with Crippen LogP contribution in [0.5, 0.6) is 0 Å². The van der Waals surface area contributed by atoms with Gasteiger partial charge in [0.25, 0.3) is 0 Å². The molecule has 2 aliphatic rings. The molecule has 102 valence electrons. The van der Waals surface area contributed by atoms with E-state index < -0.39 is 0 Å². The Morgan fingerprint density at radius 2 is 1.89 bits per heavy atom. The van der Waals surface area contributed by atoms with E-state index in [-0.39, 0.29) is 5.60 Å². The van der Waals surface area contributed by atoms with Crippen molar-refractivity contribution in [1.29, 1.82) is 0 Å². The zero-order valence-corrected chi connectivity index (χ0v) is 11.8. The third-order valence-corrected chi connectivity index (χ3v) is 4.63. The van der Waals surface area contributed by atoms with Crippen molar-refractivity contribution in [1.82, 2.24) is 0 Å². The Balaban J connectivity index is 1.52. The molecule has 19 heavy (non-hydrogen) atoms. The molecule has 1 aromatic carbocycles. The van der Waals surface area contributed by atoms with Gasteiger partial charge in [0.2, 0.25) is 0 Å². The molecule has 0 N–H and O–H groups in total. The molecule has 0 saturated heterocycles. The third kappa shape index (κ3) is 2.99. The molecule has 1 aliphatic carbocycles. The number of hydrogen-bond donors (Lipinski definition) is 0. The predicted octanol–water partition coefficient (Wildman–Crippen LogP) is 4.34. The first-order chi connectivity index (χ1) is 9.26. The summed E-state index contributed by atoms with van der Waals surface area (Å²) in [5.74, 6) is 0.864. The summed E-state index contributed by atoms with van der Waals surface area (Å²) in [6.45, 7) is 2.35. The van der Waals surface area contributed by atoms with Crippen LogP contribution in [0.25, 0.3) is 0 Å². The highest BCUT2D eigenvalue weighted by Crippen LogP contribution is 2.40. The fourth-order valence-corrected chi connectivity index (χ4v) is 3.22. The van der Waals surface area contributed by atoms with Gasteiger partial charge < -0.3 is 4.84 Å². The van der Waals surface area contributed by atoms with Crippen LogP contribution >= 0.6 is 0 Å². The zero-order chi connectivity index (χ0) is 13.1. The van der Waals surface area contributed by atoms with Gasteiger partial charge in [-0.2, -0.15) is 0 Å². The Bertz CT molecular complexity index is 444. The van der Waals surface area contributed by atoms with Gasteiger partial charge in [0.15, 0.2) is 0 Å². The minimum absolute atomic E-state index is 0.0680. The lowest BCUT2D eigenvalue weighted by Crippen LogP contribution is -2.33. The molecule has 2 heteroatoms. The maximum Gasteiger partial charge on any atom is 0.143 e. The van der Waals surface area contributed by atoms with Gasteiger partial charge in [-0.05, 0) is 50.0 Å². The van der Waals surface area contributed by atoms with Crippen molar-refractivity contribution in [2.75, 3.05) is 0 Å². The average molecular weight is 257 g/mol. The molecule has 0 unspecified atom stereocenters. The van der Waals surface area contributed by atoms with E-state index in [9.17, 15) is 0 Å². The summed E-state index contributed by atoms with van der Waals surface area (Å²) >= 11 is 0. The van der Waals surface area contributed by atoms with Crippen LogP contribution in [0.2, 0.25) is 0 Å². The summed E-state index contributed by atoms with van der Waals surface area (Å²) in [5.41, 5.74) is 2.72. The zero-order valence-electron chi connectivity index (χ0n) is 11.8. The molecule has 0 bridgehead atoms. The molecule has 3 rings (SSSR count). The van der Waals surface area contributed by atoms with Crippen molar-refractivity contribution in [3.8, 4) is 0 Å². The van der Waals surface area contributed by atoms with Gasteiger partial charge in [-0.15, -0.1) is 0 Å². The van der Waals surface area contributed by atoms with Crippen molar-refractivity contribution in [3.05, 3.63) is 35.9 Å². The molecule has 1 fully saturated rings. The lowest BCUT2D eigenvalue weighted by molar-refractivity contribution is -0.0527. The van der Waals surface area contributed by atoms with Crippen LogP contribution in [-0.2, 0) is 11.3 Å². The molecule has 1 spiro atoms. The second-order valence-electron chi connectivity index (χ2n) is 6.28. The van der Waals surface area contributed by atoms with E-state index in [0.717, 1.165) is 25.2 Å². The maximum atomic E-state index is 5.82. The van der Waals surface area contributed by atoms with Crippen LogP contribution in [0.1, 0.15) is 51.0 Å². The summed E-state index contributed by atoms with van der Waals surface area (Å²) < 4.78 is 0. The van der Waals surface area contributed by atoms with Crippen molar-refractivity contribution >= 4 is 5.71 Å². The fourth-order valence-electron chi connectivity index (χ4n) is 3.22. The second kappa shape index (κ2) is 5.36. The van der Waals surface area contributed by atoms with E-state index in [0.29, 0.717) is 0 Å². The highest BCUT2D eigenvalue weighted by atomic mass is 16.7. The Morgan fingerprint density at radius 1 is 1.16 bits per heavy atom. The minimum atomic E-state index is 0.0680. The predicted molar refractivity (Wildman–Crippen MR) is 78.3 cm³/mol. The van der Waals surface area contributed by atoms with Crippen LogP contribution < -0.4 is 0 Å². The van der Waals surface area contributed by atoms with Crippen molar-refractivity contribution in [3.63, 3.8) is 0 Å². The van der Waals surface area contributed by atoms with E-state index in [1.165, 1.54) is 37.0 Å². The summed E-state index contributed by atoms with van der Waals surface area (Å²) in [4.78, 5) is 5.82. The quantitative estimate of drug-likeness (QED) is 0.789. The van der Waals surface area contributed by atoms with Gasteiger partial charge in [-0.1, -0.05) is 42.4 Å².